The fourth-order valence-electron chi connectivity index (χ4n) is 1.73. The van der Waals surface area contributed by atoms with Crippen molar-refractivity contribution in [3.8, 4) is 0 Å². The van der Waals surface area contributed by atoms with E-state index in [2.05, 4.69) is 13.2 Å². The van der Waals surface area contributed by atoms with Crippen LogP contribution in [-0.4, -0.2) is 35.8 Å². The molecule has 0 spiro atoms. The molecule has 0 aliphatic heterocycles. The van der Waals surface area contributed by atoms with Gasteiger partial charge in [0, 0.05) is 26.4 Å². The monoisotopic (exact) mass is 253 g/mol. The molecule has 0 aromatic heterocycles. The van der Waals surface area contributed by atoms with Crippen molar-refractivity contribution < 1.29 is 14.7 Å². The predicted octanol–water partition coefficient (Wildman–Crippen LogP) is 2.47. The molecule has 4 nitrogen and oxygen atoms in total. The average molecular weight is 253 g/mol. The third-order valence-corrected chi connectivity index (χ3v) is 2.74. The maximum absolute atomic E-state index is 12.0. The number of amides is 1. The number of carbonyl (C=O) groups is 2. The maximum Gasteiger partial charge on any atom is 0.226 e. The van der Waals surface area contributed by atoms with E-state index in [0.29, 0.717) is 12.8 Å². The van der Waals surface area contributed by atoms with Crippen LogP contribution in [0.25, 0.3) is 0 Å². The summed E-state index contributed by atoms with van der Waals surface area (Å²) in [5.74, 6) is -0.671. The first-order chi connectivity index (χ1) is 8.52. The molecule has 102 valence electrons. The molecule has 0 saturated heterocycles. The van der Waals surface area contributed by atoms with Gasteiger partial charge in [0.25, 0.3) is 0 Å². The van der Waals surface area contributed by atoms with E-state index in [9.17, 15) is 9.59 Å². The lowest BCUT2D eigenvalue weighted by Gasteiger charge is -2.22. The number of allylic oxidation sites excluding steroid dienone is 2. The van der Waals surface area contributed by atoms with E-state index in [1.807, 2.05) is 6.08 Å². The largest absolute Gasteiger partial charge is 0.513 e. The molecule has 0 radical (unpaired) electrons. The van der Waals surface area contributed by atoms with Crippen LogP contribution in [-0.2, 0) is 9.59 Å². The van der Waals surface area contributed by atoms with Gasteiger partial charge in [-0.1, -0.05) is 12.7 Å². The molecule has 0 aliphatic rings. The molecule has 4 heteroatoms. The van der Waals surface area contributed by atoms with Crippen LogP contribution in [0, 0.1) is 5.92 Å². The van der Waals surface area contributed by atoms with Gasteiger partial charge in [0.05, 0.1) is 11.7 Å². The Balaban J connectivity index is 4.23. The zero-order valence-corrected chi connectivity index (χ0v) is 11.1. The second-order valence-corrected chi connectivity index (χ2v) is 4.41. The summed E-state index contributed by atoms with van der Waals surface area (Å²) in [4.78, 5) is 24.2. The van der Waals surface area contributed by atoms with E-state index in [4.69, 9.17) is 5.11 Å². The number of aldehydes is 1. The standard InChI is InChI=1S/C14H23NO3/c1-4-5-6-7-9-15(3)14(18)13(8-10-16)11-12(2)17/h4,10,13,17H,1-2,5-9,11H2,3H3. The number of aliphatic hydroxyl groups excluding tert-OH is 1. The molecule has 18 heavy (non-hydrogen) atoms. The van der Waals surface area contributed by atoms with Crippen molar-refractivity contribution in [3.05, 3.63) is 25.0 Å². The van der Waals surface area contributed by atoms with Crippen LogP contribution < -0.4 is 0 Å². The number of hydrogen-bond donors (Lipinski definition) is 1. The summed E-state index contributed by atoms with van der Waals surface area (Å²) in [5, 5.41) is 9.13. The summed E-state index contributed by atoms with van der Waals surface area (Å²) in [6, 6.07) is 0. The van der Waals surface area contributed by atoms with E-state index in [1.54, 1.807) is 11.9 Å². The normalized spacial score (nSPS) is 11.6. The molecule has 0 saturated carbocycles. The molecule has 0 bridgehead atoms. The van der Waals surface area contributed by atoms with Gasteiger partial charge in [0.2, 0.25) is 5.91 Å². The molecule has 0 aromatic carbocycles. The van der Waals surface area contributed by atoms with Gasteiger partial charge in [-0.3, -0.25) is 4.79 Å². The molecule has 0 fully saturated rings. The van der Waals surface area contributed by atoms with Crippen LogP contribution in [0.15, 0.2) is 25.0 Å². The van der Waals surface area contributed by atoms with E-state index in [-0.39, 0.29) is 24.5 Å². The molecule has 1 unspecified atom stereocenters. The quantitative estimate of drug-likeness (QED) is 0.281. The van der Waals surface area contributed by atoms with Crippen molar-refractivity contribution in [2.45, 2.75) is 32.1 Å². The van der Waals surface area contributed by atoms with E-state index in [0.717, 1.165) is 19.3 Å². The van der Waals surface area contributed by atoms with Crippen molar-refractivity contribution in [3.63, 3.8) is 0 Å². The Morgan fingerprint density at radius 3 is 2.61 bits per heavy atom. The Hall–Kier alpha value is -1.58. The maximum atomic E-state index is 12.0. The number of aliphatic hydroxyl groups is 1. The predicted molar refractivity (Wildman–Crippen MR) is 72.2 cm³/mol. The highest BCUT2D eigenvalue weighted by Crippen LogP contribution is 2.15. The van der Waals surface area contributed by atoms with Gasteiger partial charge >= 0.3 is 0 Å². The Morgan fingerprint density at radius 2 is 2.11 bits per heavy atom. The van der Waals surface area contributed by atoms with Gasteiger partial charge in [0.15, 0.2) is 0 Å². The highest BCUT2D eigenvalue weighted by Gasteiger charge is 2.22. The third-order valence-electron chi connectivity index (χ3n) is 2.74. The van der Waals surface area contributed by atoms with Crippen molar-refractivity contribution in [1.29, 1.82) is 0 Å². The van der Waals surface area contributed by atoms with Gasteiger partial charge in [0.1, 0.15) is 6.29 Å². The fraction of sp³-hybridized carbons (Fsp3) is 0.571. The number of nitrogens with zero attached hydrogens (tertiary/aromatic N) is 1. The van der Waals surface area contributed by atoms with Crippen LogP contribution in [0.5, 0.6) is 0 Å². The van der Waals surface area contributed by atoms with E-state index < -0.39 is 5.92 Å². The van der Waals surface area contributed by atoms with Crippen LogP contribution in [0.3, 0.4) is 0 Å². The Bertz CT molecular complexity index is 299. The average Bonchev–Trinajstić information content (AvgIpc) is 2.32. The number of rotatable bonds is 10. The first kappa shape index (κ1) is 16.4. The lowest BCUT2D eigenvalue weighted by atomic mass is 9.99. The molecule has 0 heterocycles. The summed E-state index contributed by atoms with van der Waals surface area (Å²) in [6.07, 6.45) is 5.66. The Labute approximate surface area is 109 Å². The van der Waals surface area contributed by atoms with Gasteiger partial charge in [-0.2, -0.15) is 0 Å². The van der Waals surface area contributed by atoms with Gasteiger partial charge in [-0.15, -0.1) is 6.58 Å². The van der Waals surface area contributed by atoms with Crippen molar-refractivity contribution >= 4 is 12.2 Å². The van der Waals surface area contributed by atoms with Crippen molar-refractivity contribution in [2.75, 3.05) is 13.6 Å². The van der Waals surface area contributed by atoms with Gasteiger partial charge in [-0.05, 0) is 19.3 Å². The third kappa shape index (κ3) is 6.89. The minimum absolute atomic E-state index is 0.0599. The zero-order chi connectivity index (χ0) is 14.0. The summed E-state index contributed by atoms with van der Waals surface area (Å²) in [6.45, 7) is 7.66. The molecule has 0 rings (SSSR count). The molecule has 0 aliphatic carbocycles. The van der Waals surface area contributed by atoms with Crippen LogP contribution in [0.1, 0.15) is 32.1 Å². The first-order valence-electron chi connectivity index (χ1n) is 6.19. The van der Waals surface area contributed by atoms with Crippen LogP contribution >= 0.6 is 0 Å². The minimum Gasteiger partial charge on any atom is -0.513 e. The van der Waals surface area contributed by atoms with E-state index >= 15 is 0 Å². The molecular formula is C14H23NO3. The fourth-order valence-corrected chi connectivity index (χ4v) is 1.73. The van der Waals surface area contributed by atoms with Crippen molar-refractivity contribution in [1.82, 2.24) is 4.90 Å². The van der Waals surface area contributed by atoms with Gasteiger partial charge in [-0.25, -0.2) is 0 Å². The summed E-state index contributed by atoms with van der Waals surface area (Å²) < 4.78 is 0. The Kier molecular flexibility index (Phi) is 8.62. The van der Waals surface area contributed by atoms with Crippen LogP contribution in [0.4, 0.5) is 0 Å². The first-order valence-corrected chi connectivity index (χ1v) is 6.19. The summed E-state index contributed by atoms with van der Waals surface area (Å²) >= 11 is 0. The Morgan fingerprint density at radius 1 is 1.44 bits per heavy atom. The molecular weight excluding hydrogens is 230 g/mol. The summed E-state index contributed by atoms with van der Waals surface area (Å²) in [5.41, 5.74) is 0. The van der Waals surface area contributed by atoms with Gasteiger partial charge < -0.3 is 14.8 Å². The van der Waals surface area contributed by atoms with E-state index in [1.165, 1.54) is 0 Å². The second-order valence-electron chi connectivity index (χ2n) is 4.41. The highest BCUT2D eigenvalue weighted by atomic mass is 16.3. The highest BCUT2D eigenvalue weighted by molar-refractivity contribution is 5.81. The second kappa shape index (κ2) is 9.45. The lowest BCUT2D eigenvalue weighted by Crippen LogP contribution is -2.34. The molecule has 1 N–H and O–H groups in total. The lowest BCUT2D eigenvalue weighted by molar-refractivity contribution is -0.135. The van der Waals surface area contributed by atoms with Crippen molar-refractivity contribution in [2.24, 2.45) is 5.92 Å². The number of hydrogen-bond acceptors (Lipinski definition) is 3. The zero-order valence-electron chi connectivity index (χ0n) is 11.1. The number of carbonyl (C=O) groups excluding carboxylic acids is 2. The number of unbranched alkanes of at least 4 members (excludes halogenated alkanes) is 2. The molecule has 1 atom stereocenters. The molecule has 1 amide bonds. The SMILES string of the molecule is C=CCCCCN(C)C(=O)C(CC=O)CC(=C)O. The summed E-state index contributed by atoms with van der Waals surface area (Å²) in [7, 11) is 1.72. The minimum atomic E-state index is -0.496. The smallest absolute Gasteiger partial charge is 0.226 e. The topological polar surface area (TPSA) is 57.6 Å². The molecule has 0 aromatic rings. The van der Waals surface area contributed by atoms with Crippen LogP contribution in [0.2, 0.25) is 0 Å².